The third kappa shape index (κ3) is 4.55. The fourth-order valence-electron chi connectivity index (χ4n) is 2.78. The molecule has 0 saturated heterocycles. The Labute approximate surface area is 172 Å². The Kier molecular flexibility index (Phi) is 6.72. The minimum atomic E-state index is -0.0431. The number of amides is 1. The molecule has 3 aromatic heterocycles. The van der Waals surface area contributed by atoms with Crippen molar-refractivity contribution >= 4 is 49.4 Å². The van der Waals surface area contributed by atoms with Gasteiger partial charge in [-0.2, -0.15) is 0 Å². The molecule has 0 radical (unpaired) electrons. The van der Waals surface area contributed by atoms with E-state index >= 15 is 0 Å². The molecular weight excluding hydrogens is 392 g/mol. The van der Waals surface area contributed by atoms with Crippen LogP contribution in [-0.4, -0.2) is 32.2 Å². The summed E-state index contributed by atoms with van der Waals surface area (Å²) in [5, 5.41) is 4.45. The SMILES string of the molecule is CCC(C)NC(=O)CSc1nc2c(sc3ncccc32)c(=O)n1CCC(C)C. The van der Waals surface area contributed by atoms with Crippen LogP contribution in [0.4, 0.5) is 0 Å². The van der Waals surface area contributed by atoms with E-state index in [-0.39, 0.29) is 23.3 Å². The molecule has 0 bridgehead atoms. The predicted molar refractivity (Wildman–Crippen MR) is 117 cm³/mol. The lowest BCUT2D eigenvalue weighted by molar-refractivity contribution is -0.119. The van der Waals surface area contributed by atoms with Gasteiger partial charge >= 0.3 is 0 Å². The standard InChI is InChI=1S/C20H26N4O2S2/c1-5-13(4)22-15(25)11-27-20-23-16-14-7-6-9-21-18(14)28-17(16)19(26)24(20)10-8-12(2)3/h6-7,9,12-13H,5,8,10-11H2,1-4H3,(H,22,25). The molecule has 0 aliphatic carbocycles. The largest absolute Gasteiger partial charge is 0.353 e. The molecule has 0 aliphatic rings. The Bertz CT molecular complexity index is 1040. The first-order valence-electron chi connectivity index (χ1n) is 9.60. The Hall–Kier alpha value is -1.93. The van der Waals surface area contributed by atoms with Crippen LogP contribution < -0.4 is 10.9 Å². The highest BCUT2D eigenvalue weighted by molar-refractivity contribution is 7.99. The second-order valence-electron chi connectivity index (χ2n) is 7.34. The quantitative estimate of drug-likeness (QED) is 0.441. The smallest absolute Gasteiger partial charge is 0.272 e. The van der Waals surface area contributed by atoms with Crippen molar-refractivity contribution in [3.63, 3.8) is 0 Å². The van der Waals surface area contributed by atoms with Gasteiger partial charge < -0.3 is 5.32 Å². The van der Waals surface area contributed by atoms with E-state index in [9.17, 15) is 9.59 Å². The summed E-state index contributed by atoms with van der Waals surface area (Å²) in [6.07, 6.45) is 3.49. The molecule has 1 atom stereocenters. The summed E-state index contributed by atoms with van der Waals surface area (Å²) in [6, 6.07) is 3.93. The Morgan fingerprint density at radius 2 is 2.14 bits per heavy atom. The van der Waals surface area contributed by atoms with Crippen molar-refractivity contribution in [3.05, 3.63) is 28.7 Å². The summed E-state index contributed by atoms with van der Waals surface area (Å²) in [5.74, 6) is 0.670. The number of thiophene rings is 1. The molecule has 28 heavy (non-hydrogen) atoms. The summed E-state index contributed by atoms with van der Waals surface area (Å²) in [5.41, 5.74) is 0.641. The molecule has 150 valence electrons. The number of aromatic nitrogens is 3. The predicted octanol–water partition coefficient (Wildman–Crippen LogP) is 4.06. The Morgan fingerprint density at radius 3 is 2.86 bits per heavy atom. The first-order chi connectivity index (χ1) is 13.4. The van der Waals surface area contributed by atoms with Gasteiger partial charge in [0.2, 0.25) is 5.91 Å². The van der Waals surface area contributed by atoms with Gasteiger partial charge in [0.1, 0.15) is 9.53 Å². The van der Waals surface area contributed by atoms with Crippen LogP contribution in [0, 0.1) is 5.92 Å². The summed E-state index contributed by atoms with van der Waals surface area (Å²) < 4.78 is 2.35. The van der Waals surface area contributed by atoms with Gasteiger partial charge in [-0.05, 0) is 37.8 Å². The first kappa shape index (κ1) is 20.8. The van der Waals surface area contributed by atoms with E-state index in [2.05, 4.69) is 24.1 Å². The van der Waals surface area contributed by atoms with Gasteiger partial charge in [-0.3, -0.25) is 14.2 Å². The molecule has 1 N–H and O–H groups in total. The van der Waals surface area contributed by atoms with Crippen LogP contribution in [0.25, 0.3) is 20.4 Å². The van der Waals surface area contributed by atoms with E-state index in [1.807, 2.05) is 26.0 Å². The Balaban J connectivity index is 1.99. The third-order valence-electron chi connectivity index (χ3n) is 4.60. The van der Waals surface area contributed by atoms with Crippen molar-refractivity contribution in [2.75, 3.05) is 5.75 Å². The molecule has 3 aromatic rings. The summed E-state index contributed by atoms with van der Waals surface area (Å²) >= 11 is 2.71. The zero-order chi connectivity index (χ0) is 20.3. The van der Waals surface area contributed by atoms with Gasteiger partial charge in [-0.25, -0.2) is 9.97 Å². The number of nitrogens with zero attached hydrogens (tertiary/aromatic N) is 3. The minimum Gasteiger partial charge on any atom is -0.353 e. The molecule has 0 spiro atoms. The number of hydrogen-bond donors (Lipinski definition) is 1. The van der Waals surface area contributed by atoms with E-state index in [1.165, 1.54) is 23.1 Å². The van der Waals surface area contributed by atoms with Crippen LogP contribution in [0.15, 0.2) is 28.3 Å². The molecule has 0 fully saturated rings. The van der Waals surface area contributed by atoms with Gasteiger partial charge in [0.15, 0.2) is 5.16 Å². The number of hydrogen-bond acceptors (Lipinski definition) is 6. The number of nitrogens with one attached hydrogen (secondary N) is 1. The molecule has 3 heterocycles. The van der Waals surface area contributed by atoms with Crippen molar-refractivity contribution in [2.45, 2.75) is 58.3 Å². The maximum Gasteiger partial charge on any atom is 0.272 e. The molecular formula is C20H26N4O2S2. The normalized spacial score (nSPS) is 12.8. The van der Waals surface area contributed by atoms with Crippen molar-refractivity contribution < 1.29 is 4.79 Å². The van der Waals surface area contributed by atoms with Crippen LogP contribution in [0.5, 0.6) is 0 Å². The maximum absolute atomic E-state index is 13.2. The third-order valence-corrected chi connectivity index (χ3v) is 6.67. The van der Waals surface area contributed by atoms with Crippen LogP contribution in [0.2, 0.25) is 0 Å². The monoisotopic (exact) mass is 418 g/mol. The van der Waals surface area contributed by atoms with Crippen molar-refractivity contribution in [1.29, 1.82) is 0 Å². The number of fused-ring (bicyclic) bond motifs is 3. The van der Waals surface area contributed by atoms with E-state index in [0.29, 0.717) is 27.8 Å². The van der Waals surface area contributed by atoms with E-state index in [1.54, 1.807) is 10.8 Å². The topological polar surface area (TPSA) is 76.9 Å². The van der Waals surface area contributed by atoms with Crippen molar-refractivity contribution in [2.24, 2.45) is 5.92 Å². The number of rotatable bonds is 8. The van der Waals surface area contributed by atoms with Gasteiger partial charge in [-0.15, -0.1) is 11.3 Å². The zero-order valence-corrected chi connectivity index (χ0v) is 18.3. The van der Waals surface area contributed by atoms with Crippen LogP contribution >= 0.6 is 23.1 Å². The number of carbonyl (C=O) groups excluding carboxylic acids is 1. The van der Waals surface area contributed by atoms with E-state index in [4.69, 9.17) is 4.98 Å². The van der Waals surface area contributed by atoms with Gasteiger partial charge in [0.05, 0.1) is 11.3 Å². The number of thioether (sulfide) groups is 1. The average molecular weight is 419 g/mol. The zero-order valence-electron chi connectivity index (χ0n) is 16.7. The average Bonchev–Trinajstić information content (AvgIpc) is 3.04. The molecule has 3 rings (SSSR count). The lowest BCUT2D eigenvalue weighted by Gasteiger charge is -2.14. The molecule has 8 heteroatoms. The summed E-state index contributed by atoms with van der Waals surface area (Å²) in [4.78, 5) is 35.4. The van der Waals surface area contributed by atoms with Crippen molar-refractivity contribution in [3.8, 4) is 0 Å². The summed E-state index contributed by atoms with van der Waals surface area (Å²) in [7, 11) is 0. The van der Waals surface area contributed by atoms with Crippen LogP contribution in [0.3, 0.4) is 0 Å². The van der Waals surface area contributed by atoms with Gasteiger partial charge in [0, 0.05) is 24.2 Å². The van der Waals surface area contributed by atoms with E-state index in [0.717, 1.165) is 23.1 Å². The lowest BCUT2D eigenvalue weighted by atomic mass is 10.1. The van der Waals surface area contributed by atoms with Crippen LogP contribution in [0.1, 0.15) is 40.5 Å². The molecule has 6 nitrogen and oxygen atoms in total. The number of pyridine rings is 1. The fourth-order valence-corrected chi connectivity index (χ4v) is 4.65. The number of carbonyl (C=O) groups is 1. The second kappa shape index (κ2) is 9.05. The van der Waals surface area contributed by atoms with Crippen molar-refractivity contribution in [1.82, 2.24) is 19.9 Å². The maximum atomic E-state index is 13.2. The summed E-state index contributed by atoms with van der Waals surface area (Å²) in [6.45, 7) is 8.87. The minimum absolute atomic E-state index is 0.0408. The fraction of sp³-hybridized carbons (Fsp3) is 0.500. The first-order valence-corrected chi connectivity index (χ1v) is 11.4. The Morgan fingerprint density at radius 1 is 1.36 bits per heavy atom. The molecule has 0 saturated carbocycles. The molecule has 1 unspecified atom stereocenters. The second-order valence-corrected chi connectivity index (χ2v) is 9.28. The highest BCUT2D eigenvalue weighted by atomic mass is 32.2. The highest BCUT2D eigenvalue weighted by Crippen LogP contribution is 2.30. The molecule has 0 aliphatic heterocycles. The molecule has 0 aromatic carbocycles. The van der Waals surface area contributed by atoms with Gasteiger partial charge in [-0.1, -0.05) is 32.5 Å². The van der Waals surface area contributed by atoms with Gasteiger partial charge in [0.25, 0.3) is 5.56 Å². The highest BCUT2D eigenvalue weighted by Gasteiger charge is 2.18. The molecule has 1 amide bonds. The van der Waals surface area contributed by atoms with E-state index < -0.39 is 0 Å². The lowest BCUT2D eigenvalue weighted by Crippen LogP contribution is -2.33. The van der Waals surface area contributed by atoms with Crippen LogP contribution in [-0.2, 0) is 11.3 Å².